The average molecular weight is 176 g/mol. The van der Waals surface area contributed by atoms with Gasteiger partial charge in [0.25, 0.3) is 0 Å². The molecule has 0 aromatic carbocycles. The van der Waals surface area contributed by atoms with Crippen LogP contribution in [0.15, 0.2) is 0 Å². The van der Waals surface area contributed by atoms with Crippen LogP contribution in [-0.2, 0) is 0 Å². The summed E-state index contributed by atoms with van der Waals surface area (Å²) < 4.78 is 0. The monoisotopic (exact) mass is 175 g/mol. The topological polar surface area (TPSA) is 3.24 Å². The van der Waals surface area contributed by atoms with E-state index in [0.29, 0.717) is 5.38 Å². The first-order chi connectivity index (χ1) is 5.27. The first kappa shape index (κ1) is 9.34. The molecule has 1 aliphatic rings. The van der Waals surface area contributed by atoms with Crippen molar-refractivity contribution >= 4 is 11.6 Å². The van der Waals surface area contributed by atoms with E-state index in [-0.39, 0.29) is 0 Å². The van der Waals surface area contributed by atoms with Crippen LogP contribution in [0.5, 0.6) is 0 Å². The number of halogens is 1. The van der Waals surface area contributed by atoms with E-state index in [1.165, 1.54) is 25.8 Å². The third-order valence-corrected chi connectivity index (χ3v) is 2.98. The highest BCUT2D eigenvalue weighted by Gasteiger charge is 2.24. The van der Waals surface area contributed by atoms with E-state index in [2.05, 4.69) is 18.7 Å². The van der Waals surface area contributed by atoms with Gasteiger partial charge in [-0.15, -0.1) is 11.6 Å². The Morgan fingerprint density at radius 2 is 2.09 bits per heavy atom. The van der Waals surface area contributed by atoms with Crippen LogP contribution < -0.4 is 0 Å². The molecule has 11 heavy (non-hydrogen) atoms. The van der Waals surface area contributed by atoms with Crippen molar-refractivity contribution < 1.29 is 0 Å². The molecule has 0 bridgehead atoms. The molecule has 1 rings (SSSR count). The van der Waals surface area contributed by atoms with Gasteiger partial charge in [0, 0.05) is 18.0 Å². The normalized spacial score (nSPS) is 26.7. The molecule has 66 valence electrons. The second-order valence-electron chi connectivity index (χ2n) is 3.35. The summed E-state index contributed by atoms with van der Waals surface area (Å²) in [4.78, 5) is 2.53. The van der Waals surface area contributed by atoms with E-state index in [1.54, 1.807) is 0 Å². The highest BCUT2D eigenvalue weighted by molar-refractivity contribution is 6.20. The lowest BCUT2D eigenvalue weighted by molar-refractivity contribution is 0.231. The van der Waals surface area contributed by atoms with Crippen molar-refractivity contribution in [1.29, 1.82) is 0 Å². The Labute approximate surface area is 74.7 Å². The highest BCUT2D eigenvalue weighted by Crippen LogP contribution is 2.19. The van der Waals surface area contributed by atoms with E-state index in [0.717, 1.165) is 12.6 Å². The fourth-order valence-electron chi connectivity index (χ4n) is 1.88. The van der Waals surface area contributed by atoms with Gasteiger partial charge in [0.05, 0.1) is 0 Å². The smallest absolute Gasteiger partial charge is 0.0475 e. The number of likely N-dealkylation sites (tertiary alicyclic amines) is 1. The zero-order chi connectivity index (χ0) is 8.27. The summed E-state index contributed by atoms with van der Waals surface area (Å²) in [6.07, 6.45) is 3.71. The molecule has 0 spiro atoms. The maximum absolute atomic E-state index is 6.02. The predicted molar refractivity (Wildman–Crippen MR) is 50.2 cm³/mol. The van der Waals surface area contributed by atoms with Gasteiger partial charge in [-0.1, -0.05) is 13.8 Å². The zero-order valence-electron chi connectivity index (χ0n) is 7.52. The Balaban J connectivity index is 2.34. The molecule has 1 nitrogen and oxygen atoms in total. The third kappa shape index (κ3) is 2.34. The quantitative estimate of drug-likeness (QED) is 0.596. The number of nitrogens with zero attached hydrogens (tertiary/aromatic N) is 1. The minimum atomic E-state index is 0.413. The van der Waals surface area contributed by atoms with E-state index in [1.807, 2.05) is 0 Å². The van der Waals surface area contributed by atoms with Crippen molar-refractivity contribution in [3.63, 3.8) is 0 Å². The molecule has 2 heteroatoms. The molecule has 1 unspecified atom stereocenters. The van der Waals surface area contributed by atoms with Gasteiger partial charge < -0.3 is 0 Å². The molecule has 1 saturated heterocycles. The summed E-state index contributed by atoms with van der Waals surface area (Å²) >= 11 is 6.02. The van der Waals surface area contributed by atoms with Crippen molar-refractivity contribution in [1.82, 2.24) is 4.90 Å². The molecule has 1 heterocycles. The molecule has 0 saturated carbocycles. The molecular weight excluding hydrogens is 158 g/mol. The maximum Gasteiger partial charge on any atom is 0.0475 e. The molecule has 1 fully saturated rings. The molecule has 0 radical (unpaired) electrons. The van der Waals surface area contributed by atoms with Gasteiger partial charge in [-0.25, -0.2) is 0 Å². The molecule has 0 aliphatic carbocycles. The minimum absolute atomic E-state index is 0.413. The van der Waals surface area contributed by atoms with E-state index in [4.69, 9.17) is 11.6 Å². The summed E-state index contributed by atoms with van der Waals surface area (Å²) in [7, 11) is 0. The van der Waals surface area contributed by atoms with Gasteiger partial charge in [0.15, 0.2) is 0 Å². The number of alkyl halides is 1. The molecule has 0 aromatic rings. The lowest BCUT2D eigenvalue weighted by atomic mass is 10.1. The third-order valence-electron chi connectivity index (χ3n) is 2.62. The van der Waals surface area contributed by atoms with Gasteiger partial charge in [0.2, 0.25) is 0 Å². The Kier molecular flexibility index (Phi) is 3.67. The summed E-state index contributed by atoms with van der Waals surface area (Å²) in [5.41, 5.74) is 0. The summed E-state index contributed by atoms with van der Waals surface area (Å²) in [5, 5.41) is 0.413. The van der Waals surface area contributed by atoms with Crippen LogP contribution in [-0.4, -0.2) is 29.4 Å². The first-order valence-corrected chi connectivity index (χ1v) is 5.09. The molecule has 1 atom stereocenters. The maximum atomic E-state index is 6.02. The van der Waals surface area contributed by atoms with Crippen molar-refractivity contribution in [3.05, 3.63) is 0 Å². The molecular formula is C9H18ClN. The fraction of sp³-hybridized carbons (Fsp3) is 1.00. The lowest BCUT2D eigenvalue weighted by Crippen LogP contribution is -2.32. The van der Waals surface area contributed by atoms with Crippen LogP contribution >= 0.6 is 11.6 Å². The zero-order valence-corrected chi connectivity index (χ0v) is 8.27. The first-order valence-electron chi connectivity index (χ1n) is 4.66. The van der Waals surface area contributed by atoms with Crippen molar-refractivity contribution in [2.75, 3.05) is 13.1 Å². The Morgan fingerprint density at radius 3 is 2.45 bits per heavy atom. The summed E-state index contributed by atoms with van der Waals surface area (Å²) in [5.74, 6) is 0. The lowest BCUT2D eigenvalue weighted by Gasteiger charge is -2.24. The van der Waals surface area contributed by atoms with Gasteiger partial charge in [-0.05, 0) is 25.8 Å². The molecule has 0 N–H and O–H groups in total. The molecule has 0 amide bonds. The standard InChI is InChI=1S/C9H18ClN/c1-3-9(4-2)11-6-5-8(10)7-11/h8-9H,3-7H2,1-2H3. The Bertz CT molecular complexity index is 112. The minimum Gasteiger partial charge on any atom is -0.299 e. The second-order valence-corrected chi connectivity index (χ2v) is 3.97. The Hall–Kier alpha value is 0.250. The van der Waals surface area contributed by atoms with Gasteiger partial charge in [0.1, 0.15) is 0 Å². The molecule has 0 aromatic heterocycles. The summed E-state index contributed by atoms with van der Waals surface area (Å²) in [6.45, 7) is 6.83. The van der Waals surface area contributed by atoms with Crippen LogP contribution in [0.4, 0.5) is 0 Å². The van der Waals surface area contributed by atoms with E-state index in [9.17, 15) is 0 Å². The highest BCUT2D eigenvalue weighted by atomic mass is 35.5. The van der Waals surface area contributed by atoms with Crippen molar-refractivity contribution in [2.24, 2.45) is 0 Å². The van der Waals surface area contributed by atoms with Gasteiger partial charge >= 0.3 is 0 Å². The second kappa shape index (κ2) is 4.32. The SMILES string of the molecule is CCC(CC)N1CCC(Cl)C1. The van der Waals surface area contributed by atoms with Crippen molar-refractivity contribution in [3.8, 4) is 0 Å². The van der Waals surface area contributed by atoms with Gasteiger partial charge in [-0.2, -0.15) is 0 Å². The van der Waals surface area contributed by atoms with Crippen LogP contribution in [0.1, 0.15) is 33.1 Å². The summed E-state index contributed by atoms with van der Waals surface area (Å²) in [6, 6.07) is 0.777. The van der Waals surface area contributed by atoms with Crippen molar-refractivity contribution in [2.45, 2.75) is 44.5 Å². The number of rotatable bonds is 3. The van der Waals surface area contributed by atoms with Gasteiger partial charge in [-0.3, -0.25) is 4.90 Å². The van der Waals surface area contributed by atoms with Crippen LogP contribution in [0.25, 0.3) is 0 Å². The van der Waals surface area contributed by atoms with Crippen LogP contribution in [0, 0.1) is 0 Å². The Morgan fingerprint density at radius 1 is 1.45 bits per heavy atom. The average Bonchev–Trinajstić information content (AvgIpc) is 2.39. The predicted octanol–water partition coefficient (Wildman–Crippen LogP) is 2.49. The van der Waals surface area contributed by atoms with E-state index < -0.39 is 0 Å². The van der Waals surface area contributed by atoms with E-state index >= 15 is 0 Å². The number of hydrogen-bond donors (Lipinski definition) is 0. The fourth-order valence-corrected chi connectivity index (χ4v) is 2.15. The molecule has 1 aliphatic heterocycles. The largest absolute Gasteiger partial charge is 0.299 e. The van der Waals surface area contributed by atoms with Crippen LogP contribution in [0.3, 0.4) is 0 Å². The van der Waals surface area contributed by atoms with Crippen LogP contribution in [0.2, 0.25) is 0 Å². The number of hydrogen-bond acceptors (Lipinski definition) is 1.